The van der Waals surface area contributed by atoms with Gasteiger partial charge in [0.15, 0.2) is 0 Å². The van der Waals surface area contributed by atoms with Crippen molar-refractivity contribution in [2.24, 2.45) is 0 Å². The van der Waals surface area contributed by atoms with Crippen LogP contribution < -0.4 is 5.32 Å². The predicted octanol–water partition coefficient (Wildman–Crippen LogP) is 2.85. The Morgan fingerprint density at radius 2 is 1.85 bits per heavy atom. The van der Waals surface area contributed by atoms with Gasteiger partial charge >= 0.3 is 0 Å². The highest BCUT2D eigenvalue weighted by Gasteiger charge is 2.36. The number of hydrogen-bond donors (Lipinski definition) is 2. The van der Waals surface area contributed by atoms with Crippen molar-refractivity contribution in [2.45, 2.75) is 31.5 Å². The van der Waals surface area contributed by atoms with E-state index in [1.165, 1.54) is 5.56 Å². The number of hydrogen-bond acceptors (Lipinski definition) is 4. The third-order valence-corrected chi connectivity index (χ3v) is 6.79. The monoisotopic (exact) mass is 446 g/mol. The van der Waals surface area contributed by atoms with Crippen molar-refractivity contribution in [2.75, 3.05) is 32.8 Å². The molecule has 172 valence electrons. The van der Waals surface area contributed by atoms with Gasteiger partial charge in [0.1, 0.15) is 6.04 Å². The number of likely N-dealkylation sites (tertiary alicyclic amines) is 1. The molecule has 1 aromatic heterocycles. The molecule has 2 saturated heterocycles. The summed E-state index contributed by atoms with van der Waals surface area (Å²) in [5.41, 5.74) is 3.25. The topological polar surface area (TPSA) is 77.7 Å². The molecule has 2 aromatic carbocycles. The van der Waals surface area contributed by atoms with Gasteiger partial charge in [-0.15, -0.1) is 0 Å². The average molecular weight is 447 g/mol. The maximum Gasteiger partial charge on any atom is 0.242 e. The van der Waals surface area contributed by atoms with Crippen LogP contribution in [0.15, 0.2) is 60.8 Å². The summed E-state index contributed by atoms with van der Waals surface area (Å²) in [6.45, 7) is 4.02. The van der Waals surface area contributed by atoms with E-state index in [0.717, 1.165) is 29.6 Å². The fourth-order valence-corrected chi connectivity index (χ4v) is 4.99. The lowest BCUT2D eigenvalue weighted by atomic mass is 10.0. The first-order valence-corrected chi connectivity index (χ1v) is 11.7. The molecule has 0 aliphatic carbocycles. The van der Waals surface area contributed by atoms with Crippen molar-refractivity contribution in [3.63, 3.8) is 0 Å². The molecule has 2 fully saturated rings. The molecule has 3 heterocycles. The second-order valence-corrected chi connectivity index (χ2v) is 8.76. The molecule has 2 amide bonds. The lowest BCUT2D eigenvalue weighted by Gasteiger charge is -2.35. The number of amides is 2. The van der Waals surface area contributed by atoms with Crippen molar-refractivity contribution in [3.05, 3.63) is 71.9 Å². The number of aromatic amines is 1. The van der Waals surface area contributed by atoms with Crippen LogP contribution in [-0.2, 0) is 20.9 Å². The number of ether oxygens (including phenoxy) is 1. The van der Waals surface area contributed by atoms with Gasteiger partial charge in [-0.3, -0.25) is 14.5 Å². The van der Waals surface area contributed by atoms with Gasteiger partial charge in [0, 0.05) is 49.7 Å². The molecular formula is C26H30N4O3. The van der Waals surface area contributed by atoms with Gasteiger partial charge in [0.25, 0.3) is 0 Å². The number of aromatic nitrogens is 1. The smallest absolute Gasteiger partial charge is 0.242 e. The normalized spacial score (nSPS) is 20.3. The highest BCUT2D eigenvalue weighted by atomic mass is 16.5. The van der Waals surface area contributed by atoms with Gasteiger partial charge in [-0.25, -0.2) is 0 Å². The molecule has 0 spiro atoms. The van der Waals surface area contributed by atoms with Gasteiger partial charge in [-0.05, 0) is 23.6 Å². The largest absolute Gasteiger partial charge is 0.379 e. The van der Waals surface area contributed by atoms with Crippen LogP contribution in [0.25, 0.3) is 10.9 Å². The second-order valence-electron chi connectivity index (χ2n) is 8.76. The minimum atomic E-state index is -0.438. The molecule has 2 aliphatic heterocycles. The van der Waals surface area contributed by atoms with Crippen LogP contribution in [0.3, 0.4) is 0 Å². The van der Waals surface area contributed by atoms with Crippen molar-refractivity contribution in [3.8, 4) is 0 Å². The highest BCUT2D eigenvalue weighted by Crippen LogP contribution is 2.26. The van der Waals surface area contributed by atoms with Crippen molar-refractivity contribution >= 4 is 22.7 Å². The Labute approximate surface area is 193 Å². The summed E-state index contributed by atoms with van der Waals surface area (Å²) >= 11 is 0. The first kappa shape index (κ1) is 21.7. The lowest BCUT2D eigenvalue weighted by molar-refractivity contribution is -0.136. The van der Waals surface area contributed by atoms with Crippen LogP contribution in [0.5, 0.6) is 0 Å². The van der Waals surface area contributed by atoms with Crippen LogP contribution >= 0.6 is 0 Å². The molecule has 0 saturated carbocycles. The van der Waals surface area contributed by atoms with E-state index in [9.17, 15) is 9.59 Å². The molecule has 33 heavy (non-hydrogen) atoms. The molecule has 5 rings (SSSR count). The number of fused-ring (bicyclic) bond motifs is 1. The molecule has 2 N–H and O–H groups in total. The number of morpholine rings is 1. The van der Waals surface area contributed by atoms with E-state index >= 15 is 0 Å². The summed E-state index contributed by atoms with van der Waals surface area (Å²) in [6.07, 6.45) is 2.90. The number of nitrogens with zero attached hydrogens (tertiary/aromatic N) is 2. The molecule has 2 atom stereocenters. The Hall–Kier alpha value is -3.16. The number of para-hydroxylation sites is 1. The van der Waals surface area contributed by atoms with Crippen molar-refractivity contribution in [1.29, 1.82) is 0 Å². The van der Waals surface area contributed by atoms with E-state index in [4.69, 9.17) is 4.74 Å². The molecule has 2 unspecified atom stereocenters. The van der Waals surface area contributed by atoms with Crippen LogP contribution in [0.2, 0.25) is 0 Å². The Morgan fingerprint density at radius 3 is 2.67 bits per heavy atom. The van der Waals surface area contributed by atoms with Crippen LogP contribution in [-0.4, -0.2) is 65.5 Å². The fraction of sp³-hybridized carbons (Fsp3) is 0.385. The standard InChI is InChI=1S/C26H30N4O3/c31-25-11-10-23(30(25)18-20-16-27-22-9-5-4-8-21(20)22)26(32)28-17-24(19-6-2-1-3-7-19)29-12-14-33-15-13-29/h1-9,16,23-24,27H,10-15,17-18H2,(H,28,32). The lowest BCUT2D eigenvalue weighted by Crippen LogP contribution is -2.48. The molecular weight excluding hydrogens is 416 g/mol. The van der Waals surface area contributed by atoms with E-state index in [1.807, 2.05) is 48.7 Å². The fourth-order valence-electron chi connectivity index (χ4n) is 4.99. The summed E-state index contributed by atoms with van der Waals surface area (Å²) in [5, 5.41) is 4.26. The number of rotatable bonds is 7. The van der Waals surface area contributed by atoms with Gasteiger partial charge in [-0.2, -0.15) is 0 Å². The summed E-state index contributed by atoms with van der Waals surface area (Å²) in [5.74, 6) is -0.0388. The maximum atomic E-state index is 13.3. The maximum absolute atomic E-state index is 13.3. The minimum absolute atomic E-state index is 0.0354. The zero-order valence-corrected chi connectivity index (χ0v) is 18.7. The van der Waals surface area contributed by atoms with Crippen molar-refractivity contribution in [1.82, 2.24) is 20.1 Å². The van der Waals surface area contributed by atoms with E-state index in [-0.39, 0.29) is 17.9 Å². The van der Waals surface area contributed by atoms with Crippen molar-refractivity contribution < 1.29 is 14.3 Å². The first-order chi connectivity index (χ1) is 16.2. The van der Waals surface area contributed by atoms with E-state index in [2.05, 4.69) is 27.3 Å². The number of carbonyl (C=O) groups excluding carboxylic acids is 2. The molecule has 7 heteroatoms. The predicted molar refractivity (Wildman–Crippen MR) is 126 cm³/mol. The average Bonchev–Trinajstić information content (AvgIpc) is 3.44. The quantitative estimate of drug-likeness (QED) is 0.585. The SMILES string of the molecule is O=C(NCC(c1ccccc1)N1CCOCC1)C1CCC(=O)N1Cc1c[nH]c2ccccc12. The molecule has 0 radical (unpaired) electrons. The zero-order chi connectivity index (χ0) is 22.6. The minimum Gasteiger partial charge on any atom is -0.379 e. The Morgan fingerprint density at radius 1 is 1.09 bits per heavy atom. The zero-order valence-electron chi connectivity index (χ0n) is 18.7. The Balaban J connectivity index is 1.28. The van der Waals surface area contributed by atoms with E-state index in [1.54, 1.807) is 4.90 Å². The summed E-state index contributed by atoms with van der Waals surface area (Å²) < 4.78 is 5.52. The highest BCUT2D eigenvalue weighted by molar-refractivity contribution is 5.91. The third-order valence-electron chi connectivity index (χ3n) is 6.79. The first-order valence-electron chi connectivity index (χ1n) is 11.7. The number of benzene rings is 2. The van der Waals surface area contributed by atoms with Gasteiger partial charge in [0.2, 0.25) is 11.8 Å². The van der Waals surface area contributed by atoms with E-state index < -0.39 is 6.04 Å². The van der Waals surface area contributed by atoms with E-state index in [0.29, 0.717) is 39.1 Å². The van der Waals surface area contributed by atoms with Crippen LogP contribution in [0.4, 0.5) is 0 Å². The van der Waals surface area contributed by atoms with Gasteiger partial charge < -0.3 is 19.9 Å². The molecule has 3 aromatic rings. The van der Waals surface area contributed by atoms with Gasteiger partial charge in [0.05, 0.1) is 19.3 Å². The Kier molecular flexibility index (Phi) is 6.41. The summed E-state index contributed by atoms with van der Waals surface area (Å²) in [4.78, 5) is 33.3. The van der Waals surface area contributed by atoms with Crippen LogP contribution in [0, 0.1) is 0 Å². The second kappa shape index (κ2) is 9.77. The Bertz CT molecular complexity index is 1110. The summed E-state index contributed by atoms with van der Waals surface area (Å²) in [7, 11) is 0. The number of carbonyl (C=O) groups is 2. The third kappa shape index (κ3) is 4.65. The summed E-state index contributed by atoms with van der Waals surface area (Å²) in [6, 6.07) is 18.0. The van der Waals surface area contributed by atoms with Crippen LogP contribution in [0.1, 0.15) is 30.0 Å². The van der Waals surface area contributed by atoms with Gasteiger partial charge in [-0.1, -0.05) is 48.5 Å². The number of nitrogens with one attached hydrogen (secondary N) is 2. The molecule has 0 bridgehead atoms. The molecule has 7 nitrogen and oxygen atoms in total. The number of H-pyrrole nitrogens is 1. The molecule has 2 aliphatic rings.